The minimum Gasteiger partial charge on any atom is -0.492 e. The van der Waals surface area contributed by atoms with E-state index in [2.05, 4.69) is 63.1 Å². The summed E-state index contributed by atoms with van der Waals surface area (Å²) in [5, 5.41) is 4.15. The third-order valence-electron chi connectivity index (χ3n) is 4.98. The van der Waals surface area contributed by atoms with Crippen LogP contribution in [-0.2, 0) is 6.54 Å². The largest absolute Gasteiger partial charge is 0.492 e. The number of aromatic amines is 1. The number of nitrogens with zero attached hydrogens (tertiary/aromatic N) is 3. The Morgan fingerprint density at radius 3 is 3.00 bits per heavy atom. The molecule has 9 heteroatoms. The lowest BCUT2D eigenvalue weighted by Gasteiger charge is -2.33. The molecule has 0 saturated carbocycles. The summed E-state index contributed by atoms with van der Waals surface area (Å²) in [6.07, 6.45) is 2.23. The molecule has 1 saturated heterocycles. The molecule has 1 aromatic carbocycles. The fourth-order valence-electron chi connectivity index (χ4n) is 3.65. The van der Waals surface area contributed by atoms with Crippen LogP contribution < -0.4 is 15.0 Å². The molecule has 1 fully saturated rings. The quantitative estimate of drug-likeness (QED) is 0.414. The van der Waals surface area contributed by atoms with Gasteiger partial charge < -0.3 is 19.9 Å². The zero-order chi connectivity index (χ0) is 20.4. The van der Waals surface area contributed by atoms with Crippen molar-refractivity contribution in [3.8, 4) is 5.75 Å². The van der Waals surface area contributed by atoms with Gasteiger partial charge in [0, 0.05) is 35.7 Å². The molecule has 1 atom stereocenters. The molecule has 0 aliphatic carbocycles. The minimum atomic E-state index is 0.362. The van der Waals surface area contributed by atoms with E-state index in [9.17, 15) is 0 Å². The van der Waals surface area contributed by atoms with Gasteiger partial charge in [-0.2, -0.15) is 4.98 Å². The highest BCUT2D eigenvalue weighted by molar-refractivity contribution is 9.11. The zero-order valence-corrected chi connectivity index (χ0v) is 19.9. The fourth-order valence-corrected chi connectivity index (χ4v) is 5.22. The summed E-state index contributed by atoms with van der Waals surface area (Å²) in [5.41, 5.74) is 2.69. The second kappa shape index (κ2) is 9.20. The Hall–Kier alpha value is -1.35. The third kappa shape index (κ3) is 4.87. The van der Waals surface area contributed by atoms with Gasteiger partial charge in [0.25, 0.3) is 0 Å². The molecular weight excluding hydrogens is 522 g/mol. The highest BCUT2D eigenvalue weighted by Gasteiger charge is 2.23. The average molecular weight is 544 g/mol. The summed E-state index contributed by atoms with van der Waals surface area (Å²) in [6.45, 7) is 5.23. The van der Waals surface area contributed by atoms with E-state index in [0.29, 0.717) is 23.4 Å². The van der Waals surface area contributed by atoms with Gasteiger partial charge in [0.05, 0.1) is 16.6 Å². The van der Waals surface area contributed by atoms with Crippen molar-refractivity contribution in [3.63, 3.8) is 0 Å². The average Bonchev–Trinajstić information content (AvgIpc) is 3.12. The number of pyridine rings is 1. The number of rotatable bonds is 6. The first-order valence-electron chi connectivity index (χ1n) is 9.65. The number of nitrogens with one attached hydrogen (secondary N) is 2. The van der Waals surface area contributed by atoms with E-state index in [1.807, 2.05) is 19.1 Å². The molecule has 3 aromatic rings. The molecule has 0 radical (unpaired) electrons. The van der Waals surface area contributed by atoms with Crippen LogP contribution in [0.5, 0.6) is 5.75 Å². The summed E-state index contributed by atoms with van der Waals surface area (Å²) in [4.78, 5) is 14.6. The van der Waals surface area contributed by atoms with Crippen LogP contribution in [0.1, 0.15) is 25.3 Å². The Kier molecular flexibility index (Phi) is 6.63. The molecule has 6 nitrogen and oxygen atoms in total. The van der Waals surface area contributed by atoms with Crippen LogP contribution in [0.15, 0.2) is 33.2 Å². The molecule has 1 aliphatic heterocycles. The van der Waals surface area contributed by atoms with E-state index in [-0.39, 0.29) is 0 Å². The number of imidazole rings is 1. The Labute approximate surface area is 191 Å². The molecule has 0 spiro atoms. The van der Waals surface area contributed by atoms with Gasteiger partial charge in [0.1, 0.15) is 10.9 Å². The maximum atomic E-state index is 5.99. The number of fused-ring (bicyclic) bond motifs is 1. The van der Waals surface area contributed by atoms with Gasteiger partial charge in [-0.15, -0.1) is 0 Å². The van der Waals surface area contributed by atoms with E-state index < -0.39 is 0 Å². The summed E-state index contributed by atoms with van der Waals surface area (Å²) in [5.74, 6) is 1.75. The Balaban J connectivity index is 1.45. The molecule has 2 aromatic heterocycles. The second-order valence-electron chi connectivity index (χ2n) is 7.04. The Morgan fingerprint density at radius 2 is 2.17 bits per heavy atom. The SMILES string of the molecule is CCOc1c(Br)cc(Br)cc1CN[C@H]1CCCN(c2nc3nc(Cl)ccc3[nH]2)C1. The number of hydrogen-bond acceptors (Lipinski definition) is 5. The number of aromatic nitrogens is 3. The number of benzene rings is 1. The molecule has 0 bridgehead atoms. The smallest absolute Gasteiger partial charge is 0.205 e. The second-order valence-corrected chi connectivity index (χ2v) is 9.20. The monoisotopic (exact) mass is 541 g/mol. The number of H-pyrrole nitrogens is 1. The topological polar surface area (TPSA) is 66.1 Å². The predicted octanol–water partition coefficient (Wildman–Crippen LogP) is 5.29. The van der Waals surface area contributed by atoms with Crippen molar-refractivity contribution in [2.24, 2.45) is 0 Å². The maximum Gasteiger partial charge on any atom is 0.205 e. The van der Waals surface area contributed by atoms with Crippen molar-refractivity contribution in [1.29, 1.82) is 0 Å². The number of piperidine rings is 1. The molecule has 4 rings (SSSR count). The predicted molar refractivity (Wildman–Crippen MR) is 124 cm³/mol. The molecule has 0 amide bonds. The van der Waals surface area contributed by atoms with Crippen LogP contribution in [0, 0.1) is 0 Å². The van der Waals surface area contributed by atoms with Crippen LogP contribution in [0.3, 0.4) is 0 Å². The first-order chi connectivity index (χ1) is 14.0. The van der Waals surface area contributed by atoms with Gasteiger partial charge in [-0.25, -0.2) is 4.98 Å². The molecule has 1 aliphatic rings. The van der Waals surface area contributed by atoms with Crippen molar-refractivity contribution in [2.75, 3.05) is 24.6 Å². The van der Waals surface area contributed by atoms with Crippen molar-refractivity contribution in [2.45, 2.75) is 32.4 Å². The van der Waals surface area contributed by atoms with Crippen molar-refractivity contribution >= 4 is 60.6 Å². The van der Waals surface area contributed by atoms with Crippen molar-refractivity contribution in [1.82, 2.24) is 20.3 Å². The molecule has 2 N–H and O–H groups in total. The van der Waals surface area contributed by atoms with Crippen molar-refractivity contribution in [3.05, 3.63) is 43.9 Å². The first kappa shape index (κ1) is 20.9. The zero-order valence-electron chi connectivity index (χ0n) is 16.0. The summed E-state index contributed by atoms with van der Waals surface area (Å²) in [7, 11) is 0. The lowest BCUT2D eigenvalue weighted by Crippen LogP contribution is -2.46. The van der Waals surface area contributed by atoms with Gasteiger partial charge in [-0.3, -0.25) is 0 Å². The van der Waals surface area contributed by atoms with Crippen LogP contribution in [0.2, 0.25) is 5.15 Å². The Morgan fingerprint density at radius 1 is 1.31 bits per heavy atom. The van der Waals surface area contributed by atoms with E-state index in [0.717, 1.165) is 64.2 Å². The molecular formula is C20H22Br2ClN5O. The first-order valence-corrected chi connectivity index (χ1v) is 11.6. The summed E-state index contributed by atoms with van der Waals surface area (Å²) in [6, 6.07) is 8.18. The van der Waals surface area contributed by atoms with Gasteiger partial charge in [0.2, 0.25) is 5.95 Å². The third-order valence-corrected chi connectivity index (χ3v) is 6.23. The van der Waals surface area contributed by atoms with E-state index in [4.69, 9.17) is 16.3 Å². The van der Waals surface area contributed by atoms with Crippen LogP contribution in [-0.4, -0.2) is 40.7 Å². The molecule has 3 heterocycles. The van der Waals surface area contributed by atoms with Crippen LogP contribution in [0.25, 0.3) is 11.2 Å². The van der Waals surface area contributed by atoms with Crippen LogP contribution in [0.4, 0.5) is 5.95 Å². The maximum absolute atomic E-state index is 5.99. The highest BCUT2D eigenvalue weighted by atomic mass is 79.9. The number of hydrogen-bond donors (Lipinski definition) is 2. The molecule has 29 heavy (non-hydrogen) atoms. The Bertz CT molecular complexity index is 1010. The van der Waals surface area contributed by atoms with Crippen molar-refractivity contribution < 1.29 is 4.74 Å². The number of anilines is 1. The molecule has 154 valence electrons. The molecule has 0 unspecified atom stereocenters. The summed E-state index contributed by atoms with van der Waals surface area (Å²) >= 11 is 13.2. The van der Waals surface area contributed by atoms with Gasteiger partial charge in [-0.1, -0.05) is 27.5 Å². The standard InChI is InChI=1S/C20H22Br2ClN5O/c1-2-29-18-12(8-13(21)9-15(18)22)10-24-14-4-3-7-28(11-14)20-25-16-5-6-17(23)26-19(16)27-20/h5-6,8-9,14,24H,2-4,7,10-11H2,1H3,(H,25,26,27)/t14-/m0/s1. The van der Waals surface area contributed by atoms with E-state index in [1.54, 1.807) is 6.07 Å². The number of halogens is 3. The summed E-state index contributed by atoms with van der Waals surface area (Å²) < 4.78 is 7.84. The lowest BCUT2D eigenvalue weighted by atomic mass is 10.1. The van der Waals surface area contributed by atoms with E-state index in [1.165, 1.54) is 0 Å². The van der Waals surface area contributed by atoms with Gasteiger partial charge >= 0.3 is 0 Å². The minimum absolute atomic E-state index is 0.362. The van der Waals surface area contributed by atoms with Gasteiger partial charge in [0.15, 0.2) is 5.65 Å². The fraction of sp³-hybridized carbons (Fsp3) is 0.400. The van der Waals surface area contributed by atoms with Crippen LogP contribution >= 0.6 is 43.5 Å². The van der Waals surface area contributed by atoms with E-state index >= 15 is 0 Å². The van der Waals surface area contributed by atoms with Gasteiger partial charge in [-0.05, 0) is 60.0 Å². The number of ether oxygens (including phenoxy) is 1. The highest BCUT2D eigenvalue weighted by Crippen LogP contribution is 2.33. The lowest BCUT2D eigenvalue weighted by molar-refractivity contribution is 0.331. The normalized spacial score (nSPS) is 17.1.